The number of hydrogen-bond acceptors (Lipinski definition) is 2. The lowest BCUT2D eigenvalue weighted by atomic mass is 9.68. The van der Waals surface area contributed by atoms with Crippen LogP contribution < -0.4 is 5.32 Å². The first-order valence-corrected chi connectivity index (χ1v) is 10.2. The number of nitrogens with one attached hydrogen (secondary N) is 1. The molecule has 1 fully saturated rings. The summed E-state index contributed by atoms with van der Waals surface area (Å²) in [6, 6.07) is 17.7. The van der Waals surface area contributed by atoms with Crippen LogP contribution in [0.25, 0.3) is 11.1 Å². The van der Waals surface area contributed by atoms with E-state index in [-0.39, 0.29) is 11.7 Å². The lowest BCUT2D eigenvalue weighted by Gasteiger charge is -2.38. The van der Waals surface area contributed by atoms with E-state index in [1.807, 2.05) is 42.5 Å². The summed E-state index contributed by atoms with van der Waals surface area (Å²) in [5, 5.41) is 2.69. The molecule has 3 atom stereocenters. The zero-order chi connectivity index (χ0) is 20.7. The van der Waals surface area contributed by atoms with Crippen LogP contribution in [-0.4, -0.2) is 17.7 Å². The lowest BCUT2D eigenvalue weighted by molar-refractivity contribution is -0.125. The molecule has 1 saturated carbocycles. The van der Waals surface area contributed by atoms with Crippen molar-refractivity contribution < 1.29 is 9.59 Å². The summed E-state index contributed by atoms with van der Waals surface area (Å²) >= 11 is 0. The molecule has 2 aromatic rings. The Morgan fingerprint density at radius 1 is 0.893 bits per heavy atom. The van der Waals surface area contributed by atoms with Crippen LogP contribution in [0.4, 0.5) is 0 Å². The number of carbonyl (C=O) groups excluding carboxylic acids is 2. The minimum absolute atomic E-state index is 0.0302. The van der Waals surface area contributed by atoms with E-state index >= 15 is 0 Å². The van der Waals surface area contributed by atoms with Gasteiger partial charge < -0.3 is 5.32 Å². The minimum Gasteiger partial charge on any atom is -0.346 e. The molecule has 1 N–H and O–H groups in total. The van der Waals surface area contributed by atoms with Crippen LogP contribution in [0, 0.1) is 17.8 Å². The molecular weight excluding hydrogens is 346 g/mol. The van der Waals surface area contributed by atoms with Crippen LogP contribution in [0.5, 0.6) is 0 Å². The van der Waals surface area contributed by atoms with E-state index in [9.17, 15) is 9.59 Å². The molecule has 150 valence electrons. The molecule has 0 aromatic heterocycles. The Morgan fingerprint density at radius 3 is 1.82 bits per heavy atom. The molecule has 0 heterocycles. The SMILES string of the molecule is CC(=O)NC(Cc1ccc(-c2ccccc2)cc1)C(C)=O.CC1CC(C)C1C. The summed E-state index contributed by atoms with van der Waals surface area (Å²) in [4.78, 5) is 22.7. The summed E-state index contributed by atoms with van der Waals surface area (Å²) in [6.07, 6.45) is 1.98. The van der Waals surface area contributed by atoms with Crippen LogP contribution in [0.2, 0.25) is 0 Å². The first kappa shape index (κ1) is 21.9. The van der Waals surface area contributed by atoms with Crippen molar-refractivity contribution in [3.63, 3.8) is 0 Å². The third kappa shape index (κ3) is 6.33. The first-order chi connectivity index (χ1) is 13.3. The maximum absolute atomic E-state index is 11.6. The molecule has 0 saturated heterocycles. The molecule has 1 amide bonds. The number of amides is 1. The van der Waals surface area contributed by atoms with Gasteiger partial charge in [-0.15, -0.1) is 0 Å². The van der Waals surface area contributed by atoms with Gasteiger partial charge in [0.2, 0.25) is 5.91 Å². The Labute approximate surface area is 169 Å². The molecule has 1 aliphatic carbocycles. The molecule has 0 aliphatic heterocycles. The van der Waals surface area contributed by atoms with E-state index in [1.54, 1.807) is 0 Å². The summed E-state index contributed by atoms with van der Waals surface area (Å²) < 4.78 is 0. The molecule has 3 rings (SSSR count). The standard InChI is InChI=1S/C18H19NO2.C7H14/c1-13(20)18(19-14(2)21)12-15-8-10-17(11-9-15)16-6-4-3-5-7-16;1-5-4-6(2)7(5)3/h3-11,18H,12H2,1-2H3,(H,19,21);5-7H,4H2,1-3H3. The van der Waals surface area contributed by atoms with E-state index in [0.29, 0.717) is 6.42 Å². The van der Waals surface area contributed by atoms with Crippen molar-refractivity contribution in [2.75, 3.05) is 0 Å². The number of rotatable bonds is 5. The fraction of sp³-hybridized carbons (Fsp3) is 0.440. The number of ketones is 1. The average molecular weight is 380 g/mol. The number of Topliss-reactive ketones (excluding diaryl/α,β-unsaturated/α-hetero) is 1. The number of hydrogen-bond donors (Lipinski definition) is 1. The highest BCUT2D eigenvalue weighted by atomic mass is 16.2. The molecule has 3 unspecified atom stereocenters. The molecular formula is C25H33NO2. The Bertz CT molecular complexity index is 759. The maximum Gasteiger partial charge on any atom is 0.217 e. The van der Waals surface area contributed by atoms with Gasteiger partial charge in [-0.05, 0) is 54.2 Å². The minimum atomic E-state index is -0.454. The van der Waals surface area contributed by atoms with Crippen LogP contribution in [-0.2, 0) is 16.0 Å². The molecule has 3 nitrogen and oxygen atoms in total. The van der Waals surface area contributed by atoms with Gasteiger partial charge in [-0.3, -0.25) is 9.59 Å². The van der Waals surface area contributed by atoms with Crippen LogP contribution in [0.15, 0.2) is 54.6 Å². The average Bonchev–Trinajstić information content (AvgIpc) is 2.69. The van der Waals surface area contributed by atoms with Crippen LogP contribution >= 0.6 is 0 Å². The highest BCUT2D eigenvalue weighted by Crippen LogP contribution is 2.38. The first-order valence-electron chi connectivity index (χ1n) is 10.2. The normalized spacial score (nSPS) is 21.5. The van der Waals surface area contributed by atoms with Gasteiger partial charge in [0.05, 0.1) is 6.04 Å². The molecule has 0 bridgehead atoms. The van der Waals surface area contributed by atoms with Gasteiger partial charge >= 0.3 is 0 Å². The topological polar surface area (TPSA) is 46.2 Å². The van der Waals surface area contributed by atoms with Gasteiger partial charge in [0, 0.05) is 6.92 Å². The smallest absolute Gasteiger partial charge is 0.217 e. The van der Waals surface area contributed by atoms with E-state index in [1.165, 1.54) is 20.3 Å². The monoisotopic (exact) mass is 379 g/mol. The third-order valence-electron chi connectivity index (χ3n) is 5.91. The molecule has 1 aliphatic rings. The van der Waals surface area contributed by atoms with Crippen LogP contribution in [0.3, 0.4) is 0 Å². The Kier molecular flexibility index (Phi) is 7.98. The van der Waals surface area contributed by atoms with Gasteiger partial charge in [-0.1, -0.05) is 75.4 Å². The second-order valence-corrected chi connectivity index (χ2v) is 8.18. The number of carbonyl (C=O) groups is 2. The van der Waals surface area contributed by atoms with Crippen molar-refractivity contribution in [2.45, 2.75) is 53.5 Å². The Balaban J connectivity index is 0.000000336. The maximum atomic E-state index is 11.6. The highest BCUT2D eigenvalue weighted by molar-refractivity contribution is 5.86. The van der Waals surface area contributed by atoms with Gasteiger partial charge in [-0.25, -0.2) is 0 Å². The third-order valence-corrected chi connectivity index (χ3v) is 5.91. The van der Waals surface area contributed by atoms with Crippen molar-refractivity contribution in [3.8, 4) is 11.1 Å². The zero-order valence-corrected chi connectivity index (χ0v) is 17.7. The van der Waals surface area contributed by atoms with Crippen molar-refractivity contribution in [1.82, 2.24) is 5.32 Å². The summed E-state index contributed by atoms with van der Waals surface area (Å²) in [5.41, 5.74) is 3.33. The Hall–Kier alpha value is -2.42. The molecule has 0 radical (unpaired) electrons. The van der Waals surface area contributed by atoms with Gasteiger partial charge in [0.15, 0.2) is 5.78 Å². The van der Waals surface area contributed by atoms with Crippen LogP contribution in [0.1, 0.15) is 46.6 Å². The molecule has 3 heteroatoms. The zero-order valence-electron chi connectivity index (χ0n) is 17.7. The molecule has 0 spiro atoms. The highest BCUT2D eigenvalue weighted by Gasteiger charge is 2.29. The fourth-order valence-corrected chi connectivity index (χ4v) is 3.62. The quantitative estimate of drug-likeness (QED) is 0.767. The summed E-state index contributed by atoms with van der Waals surface area (Å²) in [7, 11) is 0. The van der Waals surface area contributed by atoms with Gasteiger partial charge in [-0.2, -0.15) is 0 Å². The van der Waals surface area contributed by atoms with Crippen molar-refractivity contribution in [1.29, 1.82) is 0 Å². The van der Waals surface area contributed by atoms with Crippen molar-refractivity contribution >= 4 is 11.7 Å². The Morgan fingerprint density at radius 2 is 1.43 bits per heavy atom. The predicted molar refractivity (Wildman–Crippen MR) is 116 cm³/mol. The van der Waals surface area contributed by atoms with E-state index in [4.69, 9.17) is 0 Å². The molecule has 2 aromatic carbocycles. The van der Waals surface area contributed by atoms with E-state index < -0.39 is 6.04 Å². The fourth-order valence-electron chi connectivity index (χ4n) is 3.62. The molecule has 28 heavy (non-hydrogen) atoms. The van der Waals surface area contributed by atoms with Crippen molar-refractivity contribution in [2.24, 2.45) is 17.8 Å². The second kappa shape index (κ2) is 10.2. The van der Waals surface area contributed by atoms with Gasteiger partial charge in [0.1, 0.15) is 0 Å². The second-order valence-electron chi connectivity index (χ2n) is 8.18. The predicted octanol–water partition coefficient (Wildman–Crippen LogP) is 5.29. The van der Waals surface area contributed by atoms with E-state index in [0.717, 1.165) is 34.4 Å². The summed E-state index contributed by atoms with van der Waals surface area (Å²) in [5.74, 6) is 2.80. The van der Waals surface area contributed by atoms with Crippen molar-refractivity contribution in [3.05, 3.63) is 60.2 Å². The van der Waals surface area contributed by atoms with E-state index in [2.05, 4.69) is 38.2 Å². The number of benzene rings is 2. The van der Waals surface area contributed by atoms with Gasteiger partial charge in [0.25, 0.3) is 0 Å². The lowest BCUT2D eigenvalue weighted by Crippen LogP contribution is -2.40. The largest absolute Gasteiger partial charge is 0.346 e. The summed E-state index contributed by atoms with van der Waals surface area (Å²) in [6.45, 7) is 9.95.